The first-order valence-electron chi connectivity index (χ1n) is 5.80. The monoisotopic (exact) mass is 324 g/mol. The Morgan fingerprint density at radius 2 is 1.95 bits per heavy atom. The molecule has 2 rings (SSSR count). The molecule has 0 aliphatic heterocycles. The Hall–Kier alpha value is -2.10. The molecule has 108 valence electrons. The van der Waals surface area contributed by atoms with Gasteiger partial charge in [0.15, 0.2) is 9.84 Å². The largest absolute Gasteiger partial charge is 0.398 e. The van der Waals surface area contributed by atoms with Crippen LogP contribution in [-0.4, -0.2) is 8.42 Å². The maximum atomic E-state index is 13.2. The van der Waals surface area contributed by atoms with E-state index in [0.717, 1.165) is 12.1 Å². The second-order valence-electron chi connectivity index (χ2n) is 4.35. The van der Waals surface area contributed by atoms with Gasteiger partial charge < -0.3 is 5.73 Å². The van der Waals surface area contributed by atoms with Gasteiger partial charge in [0.1, 0.15) is 5.82 Å². The Morgan fingerprint density at radius 1 is 1.24 bits per heavy atom. The first-order chi connectivity index (χ1) is 9.83. The van der Waals surface area contributed by atoms with Crippen LogP contribution in [0.5, 0.6) is 0 Å². The van der Waals surface area contributed by atoms with Gasteiger partial charge in [-0.2, -0.15) is 5.26 Å². The molecule has 2 aromatic carbocycles. The molecule has 0 bridgehead atoms. The van der Waals surface area contributed by atoms with Gasteiger partial charge in [0, 0.05) is 5.02 Å². The van der Waals surface area contributed by atoms with E-state index in [0.29, 0.717) is 5.02 Å². The highest BCUT2D eigenvalue weighted by Gasteiger charge is 2.20. The minimum atomic E-state index is -3.81. The summed E-state index contributed by atoms with van der Waals surface area (Å²) in [5.74, 6) is -1.12. The summed E-state index contributed by atoms with van der Waals surface area (Å²) in [7, 11) is -3.81. The van der Waals surface area contributed by atoms with Crippen molar-refractivity contribution in [2.75, 3.05) is 5.73 Å². The lowest BCUT2D eigenvalue weighted by atomic mass is 10.1. The van der Waals surface area contributed by atoms with E-state index in [1.807, 2.05) is 6.07 Å². The third-order valence-corrected chi connectivity index (χ3v) is 4.81. The minimum absolute atomic E-state index is 0.0115. The summed E-state index contributed by atoms with van der Waals surface area (Å²) in [5.41, 5.74) is 5.86. The Bertz CT molecular complexity index is 845. The molecule has 7 heteroatoms. The number of halogens is 2. The van der Waals surface area contributed by atoms with Crippen molar-refractivity contribution in [3.63, 3.8) is 0 Å². The normalized spacial score (nSPS) is 11.1. The van der Waals surface area contributed by atoms with Gasteiger partial charge in [-0.05, 0) is 42.0 Å². The molecule has 2 aromatic rings. The van der Waals surface area contributed by atoms with E-state index in [4.69, 9.17) is 22.6 Å². The highest BCUT2D eigenvalue weighted by atomic mass is 35.5. The Kier molecular flexibility index (Phi) is 4.16. The van der Waals surface area contributed by atoms with Gasteiger partial charge in [-0.3, -0.25) is 0 Å². The Balaban J connectivity index is 2.47. The van der Waals surface area contributed by atoms with E-state index >= 15 is 0 Å². The summed E-state index contributed by atoms with van der Waals surface area (Å²) >= 11 is 5.73. The number of hydrogen-bond acceptors (Lipinski definition) is 4. The summed E-state index contributed by atoms with van der Waals surface area (Å²) in [4.78, 5) is -0.0972. The maximum Gasteiger partial charge on any atom is 0.184 e. The van der Waals surface area contributed by atoms with Crippen molar-refractivity contribution in [3.8, 4) is 6.07 Å². The molecule has 2 N–H and O–H groups in total. The van der Waals surface area contributed by atoms with E-state index < -0.39 is 21.4 Å². The molecule has 0 atom stereocenters. The van der Waals surface area contributed by atoms with Crippen molar-refractivity contribution < 1.29 is 12.8 Å². The van der Waals surface area contributed by atoms with Gasteiger partial charge in [0.2, 0.25) is 0 Å². The molecule has 0 spiro atoms. The highest BCUT2D eigenvalue weighted by Crippen LogP contribution is 2.26. The topological polar surface area (TPSA) is 84.0 Å². The van der Waals surface area contributed by atoms with Crippen LogP contribution in [0, 0.1) is 17.1 Å². The van der Waals surface area contributed by atoms with Gasteiger partial charge in [-0.1, -0.05) is 11.6 Å². The van der Waals surface area contributed by atoms with Crippen LogP contribution in [0.4, 0.5) is 10.1 Å². The SMILES string of the molecule is N#Cc1ccc(F)cc1CS(=O)(=O)c1ccc(Cl)cc1N. The molecule has 4 nitrogen and oxygen atoms in total. The van der Waals surface area contributed by atoms with Gasteiger partial charge in [0.05, 0.1) is 28.0 Å². The van der Waals surface area contributed by atoms with Crippen molar-refractivity contribution >= 4 is 27.1 Å². The molecule has 0 heterocycles. The van der Waals surface area contributed by atoms with E-state index in [1.165, 1.54) is 24.3 Å². The Labute approximate surface area is 126 Å². The fourth-order valence-corrected chi connectivity index (χ4v) is 3.55. The number of rotatable bonds is 3. The lowest BCUT2D eigenvalue weighted by Gasteiger charge is -2.09. The molecule has 0 unspecified atom stereocenters. The highest BCUT2D eigenvalue weighted by molar-refractivity contribution is 7.90. The number of hydrogen-bond donors (Lipinski definition) is 1. The van der Waals surface area contributed by atoms with E-state index in [-0.39, 0.29) is 21.7 Å². The van der Waals surface area contributed by atoms with E-state index in [2.05, 4.69) is 0 Å². The Morgan fingerprint density at radius 3 is 2.57 bits per heavy atom. The van der Waals surface area contributed by atoms with Crippen LogP contribution in [0.15, 0.2) is 41.3 Å². The number of nitrogens with two attached hydrogens (primary N) is 1. The van der Waals surface area contributed by atoms with Crippen LogP contribution in [0.1, 0.15) is 11.1 Å². The predicted molar refractivity (Wildman–Crippen MR) is 77.9 cm³/mol. The lowest BCUT2D eigenvalue weighted by molar-refractivity contribution is 0.595. The zero-order valence-electron chi connectivity index (χ0n) is 10.7. The van der Waals surface area contributed by atoms with Gasteiger partial charge in [0.25, 0.3) is 0 Å². The number of benzene rings is 2. The average molecular weight is 325 g/mol. The first-order valence-corrected chi connectivity index (χ1v) is 7.83. The molecule has 0 saturated carbocycles. The van der Waals surface area contributed by atoms with E-state index in [1.54, 1.807) is 0 Å². The molecule has 0 aliphatic carbocycles. The third-order valence-electron chi connectivity index (χ3n) is 2.84. The maximum absolute atomic E-state index is 13.2. The predicted octanol–water partition coefficient (Wildman–Crippen LogP) is 2.91. The third kappa shape index (κ3) is 3.32. The summed E-state index contributed by atoms with van der Waals surface area (Å²) in [6.45, 7) is 0. The van der Waals surface area contributed by atoms with Crippen molar-refractivity contribution in [1.82, 2.24) is 0 Å². The molecule has 0 radical (unpaired) electrons. The molecule has 0 saturated heterocycles. The lowest BCUT2D eigenvalue weighted by Crippen LogP contribution is -2.09. The molecule has 21 heavy (non-hydrogen) atoms. The van der Waals surface area contributed by atoms with E-state index in [9.17, 15) is 12.8 Å². The van der Waals surface area contributed by atoms with Crippen molar-refractivity contribution in [1.29, 1.82) is 5.26 Å². The molecule has 0 fully saturated rings. The molecular formula is C14H10ClFN2O2S. The first kappa shape index (κ1) is 15.3. The van der Waals surface area contributed by atoms with Gasteiger partial charge in [-0.15, -0.1) is 0 Å². The van der Waals surface area contributed by atoms with Crippen molar-refractivity contribution in [2.24, 2.45) is 0 Å². The number of anilines is 1. The summed E-state index contributed by atoms with van der Waals surface area (Å²) in [5, 5.41) is 9.27. The molecule has 0 aromatic heterocycles. The van der Waals surface area contributed by atoms with Crippen LogP contribution >= 0.6 is 11.6 Å². The molecule has 0 amide bonds. The number of sulfone groups is 1. The summed E-state index contributed by atoms with van der Waals surface area (Å²) < 4.78 is 38.0. The quantitative estimate of drug-likeness (QED) is 0.880. The fraction of sp³-hybridized carbons (Fsp3) is 0.0714. The second-order valence-corrected chi connectivity index (χ2v) is 6.75. The zero-order valence-corrected chi connectivity index (χ0v) is 12.2. The van der Waals surface area contributed by atoms with Crippen LogP contribution < -0.4 is 5.73 Å². The van der Waals surface area contributed by atoms with Crippen LogP contribution in [0.25, 0.3) is 0 Å². The fourth-order valence-electron chi connectivity index (χ4n) is 1.88. The summed E-state index contributed by atoms with van der Waals surface area (Å²) in [6.07, 6.45) is 0. The molecular weight excluding hydrogens is 315 g/mol. The number of nitrogens with zero attached hydrogens (tertiary/aromatic N) is 1. The average Bonchev–Trinajstić information content (AvgIpc) is 2.37. The number of nitriles is 1. The smallest absolute Gasteiger partial charge is 0.184 e. The van der Waals surface area contributed by atoms with Crippen molar-refractivity contribution in [3.05, 3.63) is 58.4 Å². The van der Waals surface area contributed by atoms with Crippen LogP contribution in [0.2, 0.25) is 5.02 Å². The molecule has 0 aliphatic rings. The number of nitrogen functional groups attached to an aromatic ring is 1. The second kappa shape index (κ2) is 5.72. The van der Waals surface area contributed by atoms with Gasteiger partial charge >= 0.3 is 0 Å². The van der Waals surface area contributed by atoms with Crippen LogP contribution in [0.3, 0.4) is 0 Å². The summed E-state index contributed by atoms with van der Waals surface area (Å²) in [6, 6.07) is 9.23. The van der Waals surface area contributed by atoms with Crippen molar-refractivity contribution in [2.45, 2.75) is 10.6 Å². The minimum Gasteiger partial charge on any atom is -0.398 e. The standard InChI is InChI=1S/C14H10ClFN2O2S/c15-11-2-4-14(13(18)6-11)21(19,20)8-10-5-12(16)3-1-9(10)7-17/h1-6H,8,18H2. The van der Waals surface area contributed by atoms with Gasteiger partial charge in [-0.25, -0.2) is 12.8 Å². The van der Waals surface area contributed by atoms with Crippen LogP contribution in [-0.2, 0) is 15.6 Å². The zero-order chi connectivity index (χ0) is 15.6.